The van der Waals surface area contributed by atoms with Crippen LogP contribution in [0.1, 0.15) is 56.6 Å². The van der Waals surface area contributed by atoms with Crippen molar-refractivity contribution < 1.29 is 9.90 Å². The minimum Gasteiger partial charge on any atom is -0.481 e. The Kier molecular flexibility index (Phi) is 6.06. The molecule has 20 heavy (non-hydrogen) atoms. The number of unbranched alkanes of at least 4 members (excludes halogenated alkanes) is 1. The van der Waals surface area contributed by atoms with Gasteiger partial charge in [-0.05, 0) is 44.3 Å². The second-order valence-corrected chi connectivity index (χ2v) is 5.66. The summed E-state index contributed by atoms with van der Waals surface area (Å²) < 4.78 is 0. The summed E-state index contributed by atoms with van der Waals surface area (Å²) in [6.45, 7) is 2.17. The van der Waals surface area contributed by atoms with Crippen LogP contribution in [0.15, 0.2) is 30.3 Å². The van der Waals surface area contributed by atoms with Crippen LogP contribution < -0.4 is 0 Å². The molecule has 2 rings (SSSR count). The van der Waals surface area contributed by atoms with Gasteiger partial charge in [-0.2, -0.15) is 0 Å². The molecule has 0 radical (unpaired) electrons. The Bertz CT molecular complexity index is 405. The lowest BCUT2D eigenvalue weighted by atomic mass is 10.0. The molecule has 1 N–H and O–H groups in total. The van der Waals surface area contributed by atoms with Crippen molar-refractivity contribution >= 4 is 5.97 Å². The molecule has 3 heteroatoms. The highest BCUT2D eigenvalue weighted by Crippen LogP contribution is 2.30. The first kappa shape index (κ1) is 15.0. The number of carboxylic acids is 1. The predicted octanol–water partition coefficient (Wildman–Crippen LogP) is 3.86. The quantitative estimate of drug-likeness (QED) is 0.801. The molecule has 1 aromatic rings. The van der Waals surface area contributed by atoms with Crippen molar-refractivity contribution in [1.82, 2.24) is 4.90 Å². The van der Waals surface area contributed by atoms with E-state index >= 15 is 0 Å². The molecular formula is C17H25NO2. The second-order valence-electron chi connectivity index (χ2n) is 5.66. The van der Waals surface area contributed by atoms with Crippen molar-refractivity contribution in [3.05, 3.63) is 35.9 Å². The van der Waals surface area contributed by atoms with Crippen LogP contribution >= 0.6 is 0 Å². The van der Waals surface area contributed by atoms with Gasteiger partial charge in [0.15, 0.2) is 0 Å². The first-order chi connectivity index (χ1) is 9.77. The molecule has 0 bridgehead atoms. The van der Waals surface area contributed by atoms with Crippen molar-refractivity contribution in [2.75, 3.05) is 13.1 Å². The molecular weight excluding hydrogens is 250 g/mol. The summed E-state index contributed by atoms with van der Waals surface area (Å²) in [7, 11) is 0. The first-order valence-electron chi connectivity index (χ1n) is 7.78. The van der Waals surface area contributed by atoms with E-state index in [1.165, 1.54) is 31.2 Å². The standard InChI is InChI=1S/C17H25NO2/c19-17(20)12-6-8-14-18-13-7-2-5-11-16(18)15-9-3-1-4-10-15/h1,3-4,9-10,16H,2,5-8,11-14H2,(H,19,20). The number of carbonyl (C=O) groups is 1. The first-order valence-corrected chi connectivity index (χ1v) is 7.78. The summed E-state index contributed by atoms with van der Waals surface area (Å²) in [5.41, 5.74) is 1.41. The van der Waals surface area contributed by atoms with Gasteiger partial charge < -0.3 is 5.11 Å². The van der Waals surface area contributed by atoms with Crippen LogP contribution in [0.2, 0.25) is 0 Å². The Labute approximate surface area is 121 Å². The van der Waals surface area contributed by atoms with E-state index in [0.717, 1.165) is 25.9 Å². The summed E-state index contributed by atoms with van der Waals surface area (Å²) in [6.07, 6.45) is 7.16. The number of benzene rings is 1. The van der Waals surface area contributed by atoms with Gasteiger partial charge in [0.1, 0.15) is 0 Å². The largest absolute Gasteiger partial charge is 0.481 e. The van der Waals surface area contributed by atoms with E-state index < -0.39 is 5.97 Å². The van der Waals surface area contributed by atoms with Crippen LogP contribution in [0.25, 0.3) is 0 Å². The van der Waals surface area contributed by atoms with Crippen molar-refractivity contribution in [2.45, 2.75) is 51.0 Å². The van der Waals surface area contributed by atoms with Crippen LogP contribution in [0.3, 0.4) is 0 Å². The van der Waals surface area contributed by atoms with Crippen LogP contribution in [-0.4, -0.2) is 29.1 Å². The van der Waals surface area contributed by atoms with Crippen molar-refractivity contribution in [2.24, 2.45) is 0 Å². The van der Waals surface area contributed by atoms with E-state index in [0.29, 0.717) is 12.5 Å². The van der Waals surface area contributed by atoms with Crippen LogP contribution in [-0.2, 0) is 4.79 Å². The fourth-order valence-corrected chi connectivity index (χ4v) is 3.08. The van der Waals surface area contributed by atoms with Crippen LogP contribution in [0, 0.1) is 0 Å². The van der Waals surface area contributed by atoms with Gasteiger partial charge in [-0.15, -0.1) is 0 Å². The predicted molar refractivity (Wildman–Crippen MR) is 80.7 cm³/mol. The van der Waals surface area contributed by atoms with E-state index in [1.54, 1.807) is 0 Å². The Balaban J connectivity index is 1.93. The van der Waals surface area contributed by atoms with Crippen molar-refractivity contribution in [1.29, 1.82) is 0 Å². The fraction of sp³-hybridized carbons (Fsp3) is 0.588. The lowest BCUT2D eigenvalue weighted by Gasteiger charge is -2.30. The van der Waals surface area contributed by atoms with Gasteiger partial charge in [-0.3, -0.25) is 9.69 Å². The molecule has 1 aromatic carbocycles. The molecule has 1 unspecified atom stereocenters. The number of hydrogen-bond acceptors (Lipinski definition) is 2. The zero-order chi connectivity index (χ0) is 14.2. The SMILES string of the molecule is O=C(O)CCCCN1CCCCCC1c1ccccc1. The van der Waals surface area contributed by atoms with E-state index in [1.807, 2.05) is 0 Å². The fourth-order valence-electron chi connectivity index (χ4n) is 3.08. The Hall–Kier alpha value is -1.35. The lowest BCUT2D eigenvalue weighted by molar-refractivity contribution is -0.137. The number of hydrogen-bond donors (Lipinski definition) is 1. The van der Waals surface area contributed by atoms with Crippen LogP contribution in [0.4, 0.5) is 0 Å². The zero-order valence-corrected chi connectivity index (χ0v) is 12.1. The number of aliphatic carboxylic acids is 1. The molecule has 0 spiro atoms. The number of rotatable bonds is 6. The molecule has 0 aromatic heterocycles. The molecule has 3 nitrogen and oxygen atoms in total. The minimum absolute atomic E-state index is 0.295. The zero-order valence-electron chi connectivity index (χ0n) is 12.1. The number of nitrogens with zero attached hydrogens (tertiary/aromatic N) is 1. The van der Waals surface area contributed by atoms with Gasteiger partial charge in [0, 0.05) is 12.5 Å². The third kappa shape index (κ3) is 4.64. The summed E-state index contributed by atoms with van der Waals surface area (Å²) in [5.74, 6) is -0.680. The van der Waals surface area contributed by atoms with Gasteiger partial charge in [-0.25, -0.2) is 0 Å². The molecule has 1 aliphatic heterocycles. The van der Waals surface area contributed by atoms with Crippen LogP contribution in [0.5, 0.6) is 0 Å². The van der Waals surface area contributed by atoms with E-state index in [9.17, 15) is 4.79 Å². The molecule has 110 valence electrons. The Morgan fingerprint density at radius 3 is 2.70 bits per heavy atom. The minimum atomic E-state index is -0.680. The molecule has 1 saturated heterocycles. The van der Waals surface area contributed by atoms with Gasteiger partial charge in [0.25, 0.3) is 0 Å². The molecule has 0 aliphatic carbocycles. The van der Waals surface area contributed by atoms with Gasteiger partial charge in [0.2, 0.25) is 0 Å². The monoisotopic (exact) mass is 275 g/mol. The van der Waals surface area contributed by atoms with Gasteiger partial charge >= 0.3 is 5.97 Å². The third-order valence-corrected chi connectivity index (χ3v) is 4.13. The summed E-state index contributed by atoms with van der Waals surface area (Å²) in [5, 5.41) is 8.71. The van der Waals surface area contributed by atoms with Gasteiger partial charge in [0.05, 0.1) is 0 Å². The van der Waals surface area contributed by atoms with E-state index in [-0.39, 0.29) is 0 Å². The van der Waals surface area contributed by atoms with E-state index in [2.05, 4.69) is 35.2 Å². The Morgan fingerprint density at radius 1 is 1.15 bits per heavy atom. The maximum Gasteiger partial charge on any atom is 0.303 e. The van der Waals surface area contributed by atoms with Gasteiger partial charge in [-0.1, -0.05) is 43.2 Å². The second kappa shape index (κ2) is 8.05. The molecule has 0 amide bonds. The molecule has 1 fully saturated rings. The maximum absolute atomic E-state index is 10.6. The molecule has 0 saturated carbocycles. The highest BCUT2D eigenvalue weighted by molar-refractivity contribution is 5.66. The smallest absolute Gasteiger partial charge is 0.303 e. The highest BCUT2D eigenvalue weighted by atomic mass is 16.4. The van der Waals surface area contributed by atoms with Crippen molar-refractivity contribution in [3.8, 4) is 0 Å². The average Bonchev–Trinajstić information content (AvgIpc) is 2.70. The number of likely N-dealkylation sites (tertiary alicyclic amines) is 1. The molecule has 1 atom stereocenters. The topological polar surface area (TPSA) is 40.5 Å². The number of carboxylic acid groups (broad SMARTS) is 1. The van der Waals surface area contributed by atoms with Crippen molar-refractivity contribution in [3.63, 3.8) is 0 Å². The van der Waals surface area contributed by atoms with E-state index in [4.69, 9.17) is 5.11 Å². The summed E-state index contributed by atoms with van der Waals surface area (Å²) in [4.78, 5) is 13.1. The summed E-state index contributed by atoms with van der Waals surface area (Å²) in [6, 6.07) is 11.3. The summed E-state index contributed by atoms with van der Waals surface area (Å²) >= 11 is 0. The lowest BCUT2D eigenvalue weighted by Crippen LogP contribution is -2.29. The maximum atomic E-state index is 10.6. The molecule has 1 heterocycles. The Morgan fingerprint density at radius 2 is 1.95 bits per heavy atom. The average molecular weight is 275 g/mol. The normalized spacial score (nSPS) is 20.5. The molecule has 1 aliphatic rings. The highest BCUT2D eigenvalue weighted by Gasteiger charge is 2.21. The third-order valence-electron chi connectivity index (χ3n) is 4.13.